The molecule has 1 heterocycles. The number of aromatic nitrogens is 3. The fourth-order valence-corrected chi connectivity index (χ4v) is 2.11. The first kappa shape index (κ1) is 12.9. The molecule has 0 spiro atoms. The Labute approximate surface area is 112 Å². The Hall–Kier alpha value is -1.55. The molecular weight excluding hydrogens is 250 g/mol. The highest BCUT2D eigenvalue weighted by atomic mass is 35.5. The summed E-state index contributed by atoms with van der Waals surface area (Å²) in [5.41, 5.74) is 2.00. The summed E-state index contributed by atoms with van der Waals surface area (Å²) >= 11 is 6.11. The number of nitrogens with zero attached hydrogens (tertiary/aromatic N) is 3. The Morgan fingerprint density at radius 1 is 1.28 bits per heavy atom. The van der Waals surface area contributed by atoms with E-state index in [1.54, 1.807) is 7.11 Å². The minimum absolute atomic E-state index is 0.257. The molecule has 1 aromatic carbocycles. The molecule has 0 radical (unpaired) electrons. The molecule has 0 aliphatic rings. The third-order valence-corrected chi connectivity index (χ3v) is 3.05. The fraction of sp³-hybridized carbons (Fsp3) is 0.385. The van der Waals surface area contributed by atoms with Gasteiger partial charge in [0.2, 0.25) is 5.28 Å². The van der Waals surface area contributed by atoms with Crippen molar-refractivity contribution in [1.82, 2.24) is 14.8 Å². The molecule has 5 heteroatoms. The Morgan fingerprint density at radius 2 is 2.00 bits per heavy atom. The van der Waals surface area contributed by atoms with Crippen LogP contribution in [0.3, 0.4) is 0 Å². The molecule has 0 atom stereocenters. The van der Waals surface area contributed by atoms with Crippen LogP contribution in [0, 0.1) is 6.92 Å². The van der Waals surface area contributed by atoms with E-state index in [4.69, 9.17) is 16.3 Å². The van der Waals surface area contributed by atoms with Crippen molar-refractivity contribution in [3.05, 3.63) is 34.9 Å². The third kappa shape index (κ3) is 2.20. The van der Waals surface area contributed by atoms with Gasteiger partial charge in [-0.3, -0.25) is 4.57 Å². The highest BCUT2D eigenvalue weighted by molar-refractivity contribution is 6.28. The van der Waals surface area contributed by atoms with Crippen molar-refractivity contribution in [3.8, 4) is 11.4 Å². The molecule has 1 aromatic heterocycles. The second kappa shape index (κ2) is 4.98. The number of rotatable bonds is 3. The quantitative estimate of drug-likeness (QED) is 0.854. The van der Waals surface area contributed by atoms with Crippen LogP contribution in [0.25, 0.3) is 5.69 Å². The van der Waals surface area contributed by atoms with Crippen LogP contribution < -0.4 is 4.74 Å². The van der Waals surface area contributed by atoms with Gasteiger partial charge in [-0.1, -0.05) is 13.8 Å². The number of halogens is 1. The summed E-state index contributed by atoms with van der Waals surface area (Å²) in [7, 11) is 1.66. The maximum absolute atomic E-state index is 6.11. The number of aryl methyl sites for hydroxylation is 1. The van der Waals surface area contributed by atoms with Crippen molar-refractivity contribution >= 4 is 11.6 Å². The average molecular weight is 266 g/mol. The van der Waals surface area contributed by atoms with E-state index in [2.05, 4.69) is 24.0 Å². The molecule has 0 N–H and O–H groups in total. The van der Waals surface area contributed by atoms with Crippen molar-refractivity contribution in [2.24, 2.45) is 0 Å². The van der Waals surface area contributed by atoms with E-state index >= 15 is 0 Å². The molecule has 0 unspecified atom stereocenters. The van der Waals surface area contributed by atoms with Crippen LogP contribution in [0.2, 0.25) is 5.28 Å². The zero-order chi connectivity index (χ0) is 13.3. The molecule has 2 rings (SSSR count). The minimum Gasteiger partial charge on any atom is -0.496 e. The van der Waals surface area contributed by atoms with Gasteiger partial charge in [-0.25, -0.2) is 0 Å². The van der Waals surface area contributed by atoms with Crippen LogP contribution in [-0.4, -0.2) is 21.9 Å². The zero-order valence-corrected chi connectivity index (χ0v) is 11.7. The molecule has 4 nitrogen and oxygen atoms in total. The van der Waals surface area contributed by atoms with E-state index in [-0.39, 0.29) is 5.92 Å². The number of ether oxygens (including phenoxy) is 1. The first-order valence-electron chi connectivity index (χ1n) is 5.80. The minimum atomic E-state index is 0.257. The summed E-state index contributed by atoms with van der Waals surface area (Å²) in [6.45, 7) is 6.12. The van der Waals surface area contributed by atoms with Crippen molar-refractivity contribution < 1.29 is 4.74 Å². The number of methoxy groups -OCH3 is 1. The summed E-state index contributed by atoms with van der Waals surface area (Å²) in [5, 5.41) is 8.43. The highest BCUT2D eigenvalue weighted by Crippen LogP contribution is 2.26. The van der Waals surface area contributed by atoms with Gasteiger partial charge in [0.25, 0.3) is 0 Å². The third-order valence-electron chi connectivity index (χ3n) is 2.80. The Balaban J connectivity index is 2.55. The standard InChI is InChI=1S/C13H16ClN3O/c1-8(2)12-15-16-13(14)17(12)10-5-6-11(18-4)9(3)7-10/h5-8H,1-4H3. The SMILES string of the molecule is COc1ccc(-n2c(Cl)nnc2C(C)C)cc1C. The molecule has 0 saturated heterocycles. The summed E-state index contributed by atoms with van der Waals surface area (Å²) in [6, 6.07) is 5.89. The van der Waals surface area contributed by atoms with Gasteiger partial charge in [-0.05, 0) is 42.3 Å². The monoisotopic (exact) mass is 265 g/mol. The van der Waals surface area contributed by atoms with Crippen molar-refractivity contribution in [3.63, 3.8) is 0 Å². The Bertz CT molecular complexity index is 563. The first-order valence-corrected chi connectivity index (χ1v) is 6.18. The van der Waals surface area contributed by atoms with Gasteiger partial charge >= 0.3 is 0 Å². The number of hydrogen-bond donors (Lipinski definition) is 0. The lowest BCUT2D eigenvalue weighted by Crippen LogP contribution is -2.04. The predicted molar refractivity (Wildman–Crippen MR) is 71.7 cm³/mol. The lowest BCUT2D eigenvalue weighted by atomic mass is 10.1. The normalized spacial score (nSPS) is 11.0. The van der Waals surface area contributed by atoms with E-state index in [0.717, 1.165) is 22.8 Å². The molecule has 0 aliphatic carbocycles. The van der Waals surface area contributed by atoms with Crippen LogP contribution in [0.1, 0.15) is 31.2 Å². The van der Waals surface area contributed by atoms with Crippen LogP contribution in [-0.2, 0) is 0 Å². The Morgan fingerprint density at radius 3 is 2.56 bits per heavy atom. The van der Waals surface area contributed by atoms with E-state index in [9.17, 15) is 0 Å². The van der Waals surface area contributed by atoms with Gasteiger partial charge in [-0.15, -0.1) is 10.2 Å². The number of benzene rings is 1. The lowest BCUT2D eigenvalue weighted by molar-refractivity contribution is 0.411. The molecule has 0 amide bonds. The van der Waals surface area contributed by atoms with Gasteiger partial charge in [0.05, 0.1) is 12.8 Å². The number of hydrogen-bond acceptors (Lipinski definition) is 3. The molecular formula is C13H16ClN3O. The smallest absolute Gasteiger partial charge is 0.229 e. The van der Waals surface area contributed by atoms with Crippen LogP contribution in [0.15, 0.2) is 18.2 Å². The van der Waals surface area contributed by atoms with Gasteiger partial charge in [0, 0.05) is 5.92 Å². The molecule has 0 fully saturated rings. The van der Waals surface area contributed by atoms with Crippen molar-refractivity contribution in [2.45, 2.75) is 26.7 Å². The topological polar surface area (TPSA) is 39.9 Å². The predicted octanol–water partition coefficient (Wildman–Crippen LogP) is 3.36. The van der Waals surface area contributed by atoms with Gasteiger partial charge < -0.3 is 4.74 Å². The van der Waals surface area contributed by atoms with E-state index < -0.39 is 0 Å². The van der Waals surface area contributed by atoms with Gasteiger partial charge in [-0.2, -0.15) is 0 Å². The molecule has 96 valence electrons. The summed E-state index contributed by atoms with van der Waals surface area (Å²) in [5.74, 6) is 1.96. The molecule has 0 aliphatic heterocycles. The molecule has 18 heavy (non-hydrogen) atoms. The zero-order valence-electron chi connectivity index (χ0n) is 10.9. The summed E-state index contributed by atoms with van der Waals surface area (Å²) in [6.07, 6.45) is 0. The molecule has 0 saturated carbocycles. The van der Waals surface area contributed by atoms with Crippen LogP contribution in [0.5, 0.6) is 5.75 Å². The van der Waals surface area contributed by atoms with Crippen LogP contribution in [0.4, 0.5) is 0 Å². The largest absolute Gasteiger partial charge is 0.496 e. The summed E-state index contributed by atoms with van der Waals surface area (Å²) < 4.78 is 7.11. The second-order valence-electron chi connectivity index (χ2n) is 4.47. The van der Waals surface area contributed by atoms with E-state index in [1.807, 2.05) is 29.7 Å². The van der Waals surface area contributed by atoms with Crippen molar-refractivity contribution in [1.29, 1.82) is 0 Å². The van der Waals surface area contributed by atoms with E-state index in [0.29, 0.717) is 5.28 Å². The van der Waals surface area contributed by atoms with Gasteiger partial charge in [0.15, 0.2) is 0 Å². The lowest BCUT2D eigenvalue weighted by Gasteiger charge is -2.12. The average Bonchev–Trinajstić information content (AvgIpc) is 2.71. The van der Waals surface area contributed by atoms with Gasteiger partial charge in [0.1, 0.15) is 11.6 Å². The highest BCUT2D eigenvalue weighted by Gasteiger charge is 2.15. The second-order valence-corrected chi connectivity index (χ2v) is 4.81. The van der Waals surface area contributed by atoms with Crippen molar-refractivity contribution in [2.75, 3.05) is 7.11 Å². The van der Waals surface area contributed by atoms with E-state index in [1.165, 1.54) is 0 Å². The Kier molecular flexibility index (Phi) is 3.57. The van der Waals surface area contributed by atoms with Crippen LogP contribution >= 0.6 is 11.6 Å². The fourth-order valence-electron chi connectivity index (χ4n) is 1.89. The molecule has 2 aromatic rings. The maximum Gasteiger partial charge on any atom is 0.229 e. The first-order chi connectivity index (χ1) is 8.54. The maximum atomic E-state index is 6.11. The molecule has 0 bridgehead atoms. The summed E-state index contributed by atoms with van der Waals surface area (Å²) in [4.78, 5) is 0.